The number of aromatic nitrogens is 2. The molecule has 2 heteroatoms. The van der Waals surface area contributed by atoms with Crippen LogP contribution in [0.25, 0.3) is 133 Å². The summed E-state index contributed by atoms with van der Waals surface area (Å²) in [7, 11) is 0. The lowest BCUT2D eigenvalue weighted by molar-refractivity contribution is 0.769. The van der Waals surface area contributed by atoms with Crippen LogP contribution in [0.4, 0.5) is 0 Å². The molecule has 2 nitrogen and oxygen atoms in total. The second kappa shape index (κ2) is 20.5. The quantitative estimate of drug-likeness (QED) is 0.129. The van der Waals surface area contributed by atoms with E-state index in [9.17, 15) is 0 Å². The van der Waals surface area contributed by atoms with Gasteiger partial charge in [0.05, 0.1) is 27.5 Å². The summed E-state index contributed by atoms with van der Waals surface area (Å²) in [6, 6.07) is 125. The predicted octanol–water partition coefficient (Wildman–Crippen LogP) is 22.2. The first-order valence-corrected chi connectivity index (χ1v) is 30.1. The van der Waals surface area contributed by atoms with Crippen LogP contribution in [0.5, 0.6) is 0 Å². The molecule has 0 aliphatic heterocycles. The van der Waals surface area contributed by atoms with Crippen LogP contribution in [0, 0.1) is 0 Å². The number of fused-ring (bicyclic) bond motifs is 9. The van der Waals surface area contributed by atoms with Crippen LogP contribution in [0.15, 0.2) is 340 Å². The van der Waals surface area contributed by atoms with E-state index in [4.69, 9.17) is 0 Å². The van der Waals surface area contributed by atoms with E-state index < -0.39 is 5.41 Å². The Morgan fingerprint density at radius 2 is 0.506 bits per heavy atom. The molecule has 1 aliphatic rings. The first kappa shape index (κ1) is 50.2. The van der Waals surface area contributed by atoms with E-state index in [0.29, 0.717) is 0 Å². The molecule has 406 valence electrons. The number of nitrogens with zero attached hydrogens (tertiary/aromatic N) is 2. The average molecular weight is 1110 g/mol. The van der Waals surface area contributed by atoms with Crippen LogP contribution < -0.4 is 0 Å². The Labute approximate surface area is 506 Å². The lowest BCUT2D eigenvalue weighted by Crippen LogP contribution is -2.28. The molecule has 0 saturated carbocycles. The number of benzene rings is 14. The van der Waals surface area contributed by atoms with E-state index in [-0.39, 0.29) is 0 Å². The summed E-state index contributed by atoms with van der Waals surface area (Å²) >= 11 is 0. The maximum absolute atomic E-state index is 2.43. The number of rotatable bonds is 10. The minimum atomic E-state index is -0.506. The SMILES string of the molecule is c1ccc(-c2cccc(-n3c4ccccc4c4cc(-c5ccc6c(c5)c5ccccc5n6-c5ccc(-c6ccc(-c7ccc(-c8cccc(C9(c%10cccc(-c%11ccccc%11)c%10)c%10ccccc%10-c%10ccccc%109)c8)cc7)cc6)cc5)ccc43)c2)cc1. The van der Waals surface area contributed by atoms with Gasteiger partial charge in [-0.2, -0.15) is 0 Å². The van der Waals surface area contributed by atoms with E-state index in [1.54, 1.807) is 0 Å². The van der Waals surface area contributed by atoms with Gasteiger partial charge in [0.25, 0.3) is 0 Å². The highest BCUT2D eigenvalue weighted by atomic mass is 15.0. The minimum absolute atomic E-state index is 0.506. The number of para-hydroxylation sites is 2. The summed E-state index contributed by atoms with van der Waals surface area (Å²) in [4.78, 5) is 0. The predicted molar refractivity (Wildman–Crippen MR) is 365 cm³/mol. The van der Waals surface area contributed by atoms with E-state index >= 15 is 0 Å². The molecule has 0 spiro atoms. The number of hydrogen-bond donors (Lipinski definition) is 0. The lowest BCUT2D eigenvalue weighted by Gasteiger charge is -2.34. The summed E-state index contributed by atoms with van der Waals surface area (Å²) < 4.78 is 4.83. The zero-order valence-electron chi connectivity index (χ0n) is 47.7. The summed E-state index contributed by atoms with van der Waals surface area (Å²) in [5.74, 6) is 0. The van der Waals surface area contributed by atoms with Crippen molar-refractivity contribution in [2.75, 3.05) is 0 Å². The Morgan fingerprint density at radius 3 is 0.989 bits per heavy atom. The van der Waals surface area contributed by atoms with Gasteiger partial charge in [0.15, 0.2) is 0 Å². The van der Waals surface area contributed by atoms with Gasteiger partial charge in [-0.25, -0.2) is 0 Å². The molecule has 17 rings (SSSR count). The first-order valence-electron chi connectivity index (χ1n) is 30.1. The van der Waals surface area contributed by atoms with Crippen LogP contribution in [0.1, 0.15) is 22.3 Å². The van der Waals surface area contributed by atoms with Gasteiger partial charge < -0.3 is 9.13 Å². The third-order valence-electron chi connectivity index (χ3n) is 18.4. The molecule has 0 radical (unpaired) electrons. The smallest absolute Gasteiger partial charge is 0.0713 e. The van der Waals surface area contributed by atoms with Gasteiger partial charge in [0.1, 0.15) is 0 Å². The Hall–Kier alpha value is -11.3. The fourth-order valence-electron chi connectivity index (χ4n) is 14.3. The molecule has 1 aliphatic carbocycles. The Morgan fingerprint density at radius 1 is 0.184 bits per heavy atom. The molecule has 0 N–H and O–H groups in total. The van der Waals surface area contributed by atoms with Crippen molar-refractivity contribution in [3.8, 4) is 89.3 Å². The van der Waals surface area contributed by atoms with Crippen molar-refractivity contribution >= 4 is 43.6 Å². The molecule has 0 amide bonds. The Bertz CT molecular complexity index is 5250. The third kappa shape index (κ3) is 8.25. The molecule has 0 saturated heterocycles. The van der Waals surface area contributed by atoms with Crippen molar-refractivity contribution in [2.24, 2.45) is 0 Å². The average Bonchev–Trinajstić information content (AvgIpc) is 1.68. The van der Waals surface area contributed by atoms with Gasteiger partial charge in [-0.15, -0.1) is 0 Å². The van der Waals surface area contributed by atoms with Gasteiger partial charge in [-0.05, 0) is 173 Å². The van der Waals surface area contributed by atoms with Crippen LogP contribution in [0.3, 0.4) is 0 Å². The van der Waals surface area contributed by atoms with E-state index in [0.717, 1.165) is 11.4 Å². The molecule has 14 aromatic carbocycles. The molecule has 87 heavy (non-hydrogen) atoms. The maximum Gasteiger partial charge on any atom is 0.0713 e. The van der Waals surface area contributed by atoms with Crippen molar-refractivity contribution in [2.45, 2.75) is 5.41 Å². The second-order valence-electron chi connectivity index (χ2n) is 23.2. The highest BCUT2D eigenvalue weighted by Crippen LogP contribution is 2.57. The fraction of sp³-hybridized carbons (Fsp3) is 0.0118. The topological polar surface area (TPSA) is 9.86 Å². The van der Waals surface area contributed by atoms with Crippen LogP contribution >= 0.6 is 0 Å². The van der Waals surface area contributed by atoms with Crippen LogP contribution in [-0.4, -0.2) is 9.13 Å². The minimum Gasteiger partial charge on any atom is -0.309 e. The lowest BCUT2D eigenvalue weighted by atomic mass is 9.67. The maximum atomic E-state index is 2.43. The largest absolute Gasteiger partial charge is 0.309 e. The molecular formula is C85H56N2. The molecule has 0 unspecified atom stereocenters. The van der Waals surface area contributed by atoms with Gasteiger partial charge >= 0.3 is 0 Å². The first-order chi connectivity index (χ1) is 43.1. The summed E-state index contributed by atoms with van der Waals surface area (Å²) in [6.07, 6.45) is 0. The van der Waals surface area contributed by atoms with Crippen LogP contribution in [-0.2, 0) is 5.41 Å². The van der Waals surface area contributed by atoms with E-state index in [1.165, 1.54) is 144 Å². The molecule has 2 aromatic heterocycles. The summed E-state index contributed by atoms with van der Waals surface area (Å²) in [5.41, 5.74) is 28.7. The van der Waals surface area contributed by atoms with Gasteiger partial charge in [-0.3, -0.25) is 0 Å². The van der Waals surface area contributed by atoms with Crippen molar-refractivity contribution in [1.29, 1.82) is 0 Å². The second-order valence-corrected chi connectivity index (χ2v) is 23.2. The number of hydrogen-bond acceptors (Lipinski definition) is 0. The fourth-order valence-corrected chi connectivity index (χ4v) is 14.3. The van der Waals surface area contributed by atoms with Crippen molar-refractivity contribution in [3.63, 3.8) is 0 Å². The van der Waals surface area contributed by atoms with Gasteiger partial charge in [0, 0.05) is 32.9 Å². The van der Waals surface area contributed by atoms with Crippen molar-refractivity contribution < 1.29 is 0 Å². The molecule has 0 fully saturated rings. The van der Waals surface area contributed by atoms with E-state index in [1.807, 2.05) is 0 Å². The molecule has 0 bridgehead atoms. The third-order valence-corrected chi connectivity index (χ3v) is 18.4. The van der Waals surface area contributed by atoms with E-state index in [2.05, 4.69) is 349 Å². The zero-order valence-corrected chi connectivity index (χ0v) is 47.7. The van der Waals surface area contributed by atoms with Crippen molar-refractivity contribution in [3.05, 3.63) is 362 Å². The summed E-state index contributed by atoms with van der Waals surface area (Å²) in [6.45, 7) is 0. The van der Waals surface area contributed by atoms with Crippen molar-refractivity contribution in [1.82, 2.24) is 9.13 Å². The zero-order chi connectivity index (χ0) is 57.4. The molecule has 2 heterocycles. The molecular weight excluding hydrogens is 1050 g/mol. The Kier molecular flexibility index (Phi) is 11.8. The van der Waals surface area contributed by atoms with Gasteiger partial charge in [0.2, 0.25) is 0 Å². The van der Waals surface area contributed by atoms with Gasteiger partial charge in [-0.1, -0.05) is 267 Å². The summed E-state index contributed by atoms with van der Waals surface area (Å²) in [5, 5.41) is 4.96. The normalized spacial score (nSPS) is 12.5. The highest BCUT2D eigenvalue weighted by molar-refractivity contribution is 6.13. The standard InChI is InChI=1S/C85H56N2/c1-3-18-57(19-4-1)64-22-15-25-69(52-64)85(79-32-11-7-28-73(79)74-29-8-12-33-80(74)85)70-26-16-23-65(53-70)63-42-40-60(41-43-63)59-36-38-61(39-37-59)62-44-48-71(49-45-62)86-81-34-13-9-30-75(81)77-55-67(46-50-83(77)86)68-47-51-84-78(56-68)76-31-10-14-35-82(76)87(84)72-27-17-24-66(54-72)58-20-5-2-6-21-58/h1-56H. The monoisotopic (exact) mass is 1100 g/mol. The highest BCUT2D eigenvalue weighted by Gasteiger charge is 2.46. The Balaban J connectivity index is 0.652. The molecule has 16 aromatic rings. The van der Waals surface area contributed by atoms with Crippen LogP contribution in [0.2, 0.25) is 0 Å². The molecule has 0 atom stereocenters.